The van der Waals surface area contributed by atoms with Crippen molar-refractivity contribution in [2.24, 2.45) is 0 Å². The summed E-state index contributed by atoms with van der Waals surface area (Å²) in [5, 5.41) is 10.2. The molecule has 0 spiro atoms. The lowest BCUT2D eigenvalue weighted by Gasteiger charge is -2.19. The van der Waals surface area contributed by atoms with E-state index < -0.39 is 18.1 Å². The second-order valence-corrected chi connectivity index (χ2v) is 7.90. The molecule has 0 aliphatic rings. The molecule has 0 bridgehead atoms. The van der Waals surface area contributed by atoms with E-state index in [0.717, 1.165) is 21.6 Å². The standard InChI is InChI=1S/C22H23FN2O5S/c1-12(2)19-24-25-20(31-19)13-6-8-14(9-7-13)30-18-11-15(21(26)27-3)17(23)10-16(18)22(28-4)29-5/h6-12,22H,1-5H3. The summed E-state index contributed by atoms with van der Waals surface area (Å²) in [6.07, 6.45) is -0.883. The molecule has 0 saturated carbocycles. The number of benzene rings is 2. The first-order valence-electron chi connectivity index (χ1n) is 9.47. The summed E-state index contributed by atoms with van der Waals surface area (Å²) in [5.41, 5.74) is 0.946. The Hall–Kier alpha value is -2.88. The summed E-state index contributed by atoms with van der Waals surface area (Å²) in [6, 6.07) is 9.64. The lowest BCUT2D eigenvalue weighted by molar-refractivity contribution is -0.106. The highest BCUT2D eigenvalue weighted by Crippen LogP contribution is 2.35. The van der Waals surface area contributed by atoms with Crippen LogP contribution in [0.25, 0.3) is 10.6 Å². The van der Waals surface area contributed by atoms with Gasteiger partial charge in [0.2, 0.25) is 0 Å². The minimum absolute atomic E-state index is 0.209. The van der Waals surface area contributed by atoms with Crippen molar-refractivity contribution < 1.29 is 28.1 Å². The third-order valence-electron chi connectivity index (χ3n) is 4.45. The SMILES string of the molecule is COC(=O)c1cc(Oc2ccc(-c3nnc(C(C)C)s3)cc2)c(C(OC)OC)cc1F. The van der Waals surface area contributed by atoms with Crippen LogP contribution in [0.2, 0.25) is 0 Å². The molecule has 0 amide bonds. The van der Waals surface area contributed by atoms with E-state index in [0.29, 0.717) is 17.2 Å². The molecule has 0 aliphatic carbocycles. The maximum absolute atomic E-state index is 14.5. The van der Waals surface area contributed by atoms with Crippen molar-refractivity contribution in [1.82, 2.24) is 10.2 Å². The van der Waals surface area contributed by atoms with E-state index in [-0.39, 0.29) is 11.3 Å². The zero-order valence-electron chi connectivity index (χ0n) is 17.8. The smallest absolute Gasteiger partial charge is 0.340 e. The fraction of sp³-hybridized carbons (Fsp3) is 0.318. The summed E-state index contributed by atoms with van der Waals surface area (Å²) in [4.78, 5) is 11.9. The number of methoxy groups -OCH3 is 3. The van der Waals surface area contributed by atoms with Crippen molar-refractivity contribution in [1.29, 1.82) is 0 Å². The molecule has 164 valence electrons. The number of rotatable bonds is 8. The van der Waals surface area contributed by atoms with Crippen molar-refractivity contribution in [2.45, 2.75) is 26.1 Å². The maximum Gasteiger partial charge on any atom is 0.340 e. The molecule has 3 aromatic rings. The van der Waals surface area contributed by atoms with Gasteiger partial charge in [0.05, 0.1) is 18.2 Å². The van der Waals surface area contributed by atoms with E-state index in [1.807, 2.05) is 12.1 Å². The van der Waals surface area contributed by atoms with Crippen molar-refractivity contribution in [2.75, 3.05) is 21.3 Å². The molecule has 7 nitrogen and oxygen atoms in total. The lowest BCUT2D eigenvalue weighted by atomic mass is 10.1. The van der Waals surface area contributed by atoms with Gasteiger partial charge in [0.15, 0.2) is 6.29 Å². The predicted octanol–water partition coefficient (Wildman–Crippen LogP) is 5.34. The first-order valence-corrected chi connectivity index (χ1v) is 10.3. The molecule has 1 heterocycles. The molecule has 2 aromatic carbocycles. The van der Waals surface area contributed by atoms with Crippen molar-refractivity contribution in [3.8, 4) is 22.1 Å². The molecule has 0 N–H and O–H groups in total. The maximum atomic E-state index is 14.5. The normalized spacial score (nSPS) is 11.2. The fourth-order valence-electron chi connectivity index (χ4n) is 2.83. The molecule has 0 radical (unpaired) electrons. The summed E-state index contributed by atoms with van der Waals surface area (Å²) in [7, 11) is 4.03. The van der Waals surface area contributed by atoms with Crippen LogP contribution in [0.1, 0.15) is 47.0 Å². The number of hydrogen-bond donors (Lipinski definition) is 0. The van der Waals surface area contributed by atoms with Crippen LogP contribution in [0.3, 0.4) is 0 Å². The monoisotopic (exact) mass is 446 g/mol. The van der Waals surface area contributed by atoms with Gasteiger partial charge in [-0.05, 0) is 36.4 Å². The number of halogens is 1. The average molecular weight is 447 g/mol. The number of nitrogens with zero attached hydrogens (tertiary/aromatic N) is 2. The van der Waals surface area contributed by atoms with Gasteiger partial charge in [-0.1, -0.05) is 25.2 Å². The Kier molecular flexibility index (Phi) is 7.32. The number of carbonyl (C=O) groups is 1. The fourth-order valence-corrected chi connectivity index (χ4v) is 3.69. The summed E-state index contributed by atoms with van der Waals surface area (Å²) < 4.78 is 35.6. The second-order valence-electron chi connectivity index (χ2n) is 6.89. The van der Waals surface area contributed by atoms with E-state index in [1.54, 1.807) is 12.1 Å². The molecule has 0 fully saturated rings. The Morgan fingerprint density at radius 2 is 1.71 bits per heavy atom. The quantitative estimate of drug-likeness (QED) is 0.341. The molecule has 3 rings (SSSR count). The van der Waals surface area contributed by atoms with Gasteiger partial charge in [-0.25, -0.2) is 9.18 Å². The van der Waals surface area contributed by atoms with Gasteiger partial charge in [-0.15, -0.1) is 10.2 Å². The predicted molar refractivity (Wildman–Crippen MR) is 114 cm³/mol. The molecule has 9 heteroatoms. The number of hydrogen-bond acceptors (Lipinski definition) is 8. The molecule has 1 aromatic heterocycles. The van der Waals surface area contributed by atoms with Gasteiger partial charge < -0.3 is 18.9 Å². The van der Waals surface area contributed by atoms with E-state index >= 15 is 0 Å². The van der Waals surface area contributed by atoms with Gasteiger partial charge in [0.1, 0.15) is 27.3 Å². The van der Waals surface area contributed by atoms with Crippen LogP contribution in [-0.2, 0) is 14.2 Å². The molecule has 0 unspecified atom stereocenters. The Morgan fingerprint density at radius 3 is 2.26 bits per heavy atom. The van der Waals surface area contributed by atoms with Gasteiger partial charge in [0.25, 0.3) is 0 Å². The van der Waals surface area contributed by atoms with Gasteiger partial charge in [-0.2, -0.15) is 0 Å². The third-order valence-corrected chi connectivity index (χ3v) is 5.72. The first-order chi connectivity index (χ1) is 14.9. The molecule has 0 saturated heterocycles. The molecule has 31 heavy (non-hydrogen) atoms. The average Bonchev–Trinajstić information content (AvgIpc) is 3.27. The molecular weight excluding hydrogens is 423 g/mol. The highest BCUT2D eigenvalue weighted by Gasteiger charge is 2.23. The van der Waals surface area contributed by atoms with Crippen molar-refractivity contribution in [3.05, 3.63) is 58.3 Å². The summed E-state index contributed by atoms with van der Waals surface area (Å²) >= 11 is 1.54. The van der Waals surface area contributed by atoms with E-state index in [1.165, 1.54) is 38.7 Å². The Morgan fingerprint density at radius 1 is 1.03 bits per heavy atom. The number of ether oxygens (including phenoxy) is 4. The minimum atomic E-state index is -0.883. The zero-order valence-corrected chi connectivity index (χ0v) is 18.7. The van der Waals surface area contributed by atoms with Gasteiger partial charge >= 0.3 is 5.97 Å². The van der Waals surface area contributed by atoms with Crippen LogP contribution in [0.4, 0.5) is 4.39 Å². The van der Waals surface area contributed by atoms with Crippen LogP contribution in [-0.4, -0.2) is 37.5 Å². The third kappa shape index (κ3) is 5.07. The second kappa shape index (κ2) is 9.95. The highest BCUT2D eigenvalue weighted by molar-refractivity contribution is 7.14. The largest absolute Gasteiger partial charge is 0.465 e. The summed E-state index contributed by atoms with van der Waals surface area (Å²) in [5.74, 6) is -0.578. The van der Waals surface area contributed by atoms with E-state index in [9.17, 15) is 9.18 Å². The Balaban J connectivity index is 1.93. The topological polar surface area (TPSA) is 79.8 Å². The van der Waals surface area contributed by atoms with E-state index in [4.69, 9.17) is 14.2 Å². The van der Waals surface area contributed by atoms with E-state index in [2.05, 4.69) is 28.8 Å². The Labute approximate surface area is 183 Å². The van der Waals surface area contributed by atoms with Crippen molar-refractivity contribution in [3.63, 3.8) is 0 Å². The van der Waals surface area contributed by atoms with Crippen LogP contribution < -0.4 is 4.74 Å². The summed E-state index contributed by atoms with van der Waals surface area (Å²) in [6.45, 7) is 4.13. The lowest BCUT2D eigenvalue weighted by Crippen LogP contribution is -2.10. The highest BCUT2D eigenvalue weighted by atomic mass is 32.1. The molecular formula is C22H23FN2O5S. The molecule has 0 aliphatic heterocycles. The van der Waals surface area contributed by atoms with Crippen LogP contribution in [0.15, 0.2) is 36.4 Å². The Bertz CT molecular complexity index is 1050. The van der Waals surface area contributed by atoms with Gasteiger partial charge in [-0.3, -0.25) is 0 Å². The van der Waals surface area contributed by atoms with Gasteiger partial charge in [0, 0.05) is 25.7 Å². The number of carbonyl (C=O) groups excluding carboxylic acids is 1. The number of aromatic nitrogens is 2. The van der Waals surface area contributed by atoms with Crippen LogP contribution >= 0.6 is 11.3 Å². The van der Waals surface area contributed by atoms with Crippen molar-refractivity contribution >= 4 is 17.3 Å². The minimum Gasteiger partial charge on any atom is -0.465 e. The first kappa shape index (κ1) is 22.8. The van der Waals surface area contributed by atoms with Crippen LogP contribution in [0, 0.1) is 5.82 Å². The number of esters is 1. The zero-order chi connectivity index (χ0) is 22.5. The van der Waals surface area contributed by atoms with Crippen LogP contribution in [0.5, 0.6) is 11.5 Å². The molecule has 0 atom stereocenters.